The Morgan fingerprint density at radius 2 is 2.08 bits per heavy atom. The van der Waals surface area contributed by atoms with Crippen LogP contribution < -0.4 is 0 Å². The van der Waals surface area contributed by atoms with E-state index in [1.54, 1.807) is 18.2 Å². The van der Waals surface area contributed by atoms with E-state index in [2.05, 4.69) is 22.1 Å². The molecule has 1 fully saturated rings. The predicted octanol–water partition coefficient (Wildman–Crippen LogP) is 3.35. The molecule has 7 heteroatoms. The van der Waals surface area contributed by atoms with Crippen molar-refractivity contribution in [3.63, 3.8) is 0 Å². The third kappa shape index (κ3) is 3.77. The molecule has 128 valence electrons. The molecule has 24 heavy (non-hydrogen) atoms. The highest BCUT2D eigenvalue weighted by Crippen LogP contribution is 2.26. The lowest BCUT2D eigenvalue weighted by atomic mass is 9.99. The van der Waals surface area contributed by atoms with E-state index in [0.29, 0.717) is 22.5 Å². The Bertz CT molecular complexity index is 712. The zero-order valence-electron chi connectivity index (χ0n) is 13.8. The van der Waals surface area contributed by atoms with E-state index < -0.39 is 0 Å². The van der Waals surface area contributed by atoms with Crippen molar-refractivity contribution in [1.82, 2.24) is 20.1 Å². The third-order valence-electron chi connectivity index (χ3n) is 4.32. The number of aromatic amines is 1. The summed E-state index contributed by atoms with van der Waals surface area (Å²) in [5.74, 6) is 0.830. The van der Waals surface area contributed by atoms with Crippen LogP contribution in [0.15, 0.2) is 29.4 Å². The summed E-state index contributed by atoms with van der Waals surface area (Å²) in [4.78, 5) is 18.7. The average Bonchev–Trinajstić information content (AvgIpc) is 3.03. The molecule has 1 atom stereocenters. The van der Waals surface area contributed by atoms with E-state index in [1.165, 1.54) is 17.8 Å². The van der Waals surface area contributed by atoms with Crippen molar-refractivity contribution >= 4 is 17.7 Å². The maximum atomic E-state index is 13.8. The summed E-state index contributed by atoms with van der Waals surface area (Å²) in [5, 5.41) is 7.04. The molecule has 1 aliphatic heterocycles. The van der Waals surface area contributed by atoms with Gasteiger partial charge >= 0.3 is 0 Å². The Kier molecular flexibility index (Phi) is 5.18. The van der Waals surface area contributed by atoms with Crippen LogP contribution >= 0.6 is 11.8 Å². The first-order chi connectivity index (χ1) is 11.5. The molecular formula is C17H21FN4OS. The van der Waals surface area contributed by atoms with Crippen molar-refractivity contribution in [2.24, 2.45) is 5.92 Å². The van der Waals surface area contributed by atoms with Crippen molar-refractivity contribution in [3.05, 3.63) is 30.1 Å². The maximum absolute atomic E-state index is 13.8. The van der Waals surface area contributed by atoms with Crippen LogP contribution in [0.5, 0.6) is 0 Å². The number of H-pyrrole nitrogens is 1. The van der Waals surface area contributed by atoms with Crippen molar-refractivity contribution < 1.29 is 9.18 Å². The van der Waals surface area contributed by atoms with Gasteiger partial charge in [0, 0.05) is 13.1 Å². The number of aromatic nitrogens is 3. The van der Waals surface area contributed by atoms with Gasteiger partial charge in [0.25, 0.3) is 0 Å². The number of carbonyl (C=O) groups is 1. The zero-order chi connectivity index (χ0) is 17.1. The predicted molar refractivity (Wildman–Crippen MR) is 92.1 cm³/mol. The van der Waals surface area contributed by atoms with E-state index >= 15 is 0 Å². The molecule has 1 amide bonds. The van der Waals surface area contributed by atoms with Gasteiger partial charge in [-0.1, -0.05) is 30.8 Å². The SMILES string of the molecule is CC1CCN(C(=O)[C@@H](C)Sc2n[nH]c(-c3ccccc3F)n2)CC1. The summed E-state index contributed by atoms with van der Waals surface area (Å²) in [6.45, 7) is 5.72. The summed E-state index contributed by atoms with van der Waals surface area (Å²) in [6, 6.07) is 6.41. The summed E-state index contributed by atoms with van der Waals surface area (Å²) in [7, 11) is 0. The first-order valence-electron chi connectivity index (χ1n) is 8.17. The normalized spacial score (nSPS) is 17.0. The molecule has 0 spiro atoms. The Morgan fingerprint density at radius 1 is 1.38 bits per heavy atom. The largest absolute Gasteiger partial charge is 0.342 e. The molecule has 0 saturated carbocycles. The van der Waals surface area contributed by atoms with E-state index in [1.807, 2.05) is 11.8 Å². The van der Waals surface area contributed by atoms with Crippen LogP contribution in [0.25, 0.3) is 11.4 Å². The van der Waals surface area contributed by atoms with Crippen LogP contribution in [-0.2, 0) is 4.79 Å². The van der Waals surface area contributed by atoms with E-state index in [9.17, 15) is 9.18 Å². The molecule has 0 radical (unpaired) electrons. The Morgan fingerprint density at radius 3 is 2.79 bits per heavy atom. The second-order valence-electron chi connectivity index (χ2n) is 6.21. The monoisotopic (exact) mass is 348 g/mol. The molecule has 3 rings (SSSR count). The molecule has 2 aromatic rings. The van der Waals surface area contributed by atoms with E-state index in [-0.39, 0.29) is 17.0 Å². The minimum atomic E-state index is -0.350. The fourth-order valence-electron chi connectivity index (χ4n) is 2.77. The fraction of sp³-hybridized carbons (Fsp3) is 0.471. The second-order valence-corrected chi connectivity index (χ2v) is 7.52. The number of halogens is 1. The molecule has 0 bridgehead atoms. The van der Waals surface area contributed by atoms with Crippen LogP contribution in [0.2, 0.25) is 0 Å². The van der Waals surface area contributed by atoms with Crippen molar-refractivity contribution in [3.8, 4) is 11.4 Å². The molecule has 1 aliphatic rings. The number of amides is 1. The van der Waals surface area contributed by atoms with Gasteiger partial charge in [0.1, 0.15) is 5.82 Å². The van der Waals surface area contributed by atoms with Gasteiger partial charge in [-0.3, -0.25) is 9.89 Å². The topological polar surface area (TPSA) is 61.9 Å². The second kappa shape index (κ2) is 7.34. The molecule has 1 N–H and O–H groups in total. The summed E-state index contributed by atoms with van der Waals surface area (Å²) >= 11 is 1.30. The minimum Gasteiger partial charge on any atom is -0.342 e. The van der Waals surface area contributed by atoms with Gasteiger partial charge in [0.2, 0.25) is 11.1 Å². The lowest BCUT2D eigenvalue weighted by Crippen LogP contribution is -2.41. The maximum Gasteiger partial charge on any atom is 0.235 e. The van der Waals surface area contributed by atoms with Gasteiger partial charge in [0.05, 0.1) is 10.8 Å². The Balaban J connectivity index is 1.64. The molecule has 5 nitrogen and oxygen atoms in total. The van der Waals surface area contributed by atoms with Gasteiger partial charge < -0.3 is 4.90 Å². The number of carbonyl (C=O) groups excluding carboxylic acids is 1. The molecular weight excluding hydrogens is 327 g/mol. The highest BCUT2D eigenvalue weighted by atomic mass is 32.2. The molecule has 1 saturated heterocycles. The zero-order valence-corrected chi connectivity index (χ0v) is 14.6. The van der Waals surface area contributed by atoms with Crippen LogP contribution in [0.4, 0.5) is 4.39 Å². The minimum absolute atomic E-state index is 0.115. The van der Waals surface area contributed by atoms with Gasteiger partial charge in [0.15, 0.2) is 5.82 Å². The molecule has 2 heterocycles. The highest BCUT2D eigenvalue weighted by Gasteiger charge is 2.26. The smallest absolute Gasteiger partial charge is 0.235 e. The standard InChI is InChI=1S/C17H21FN4OS/c1-11-7-9-22(10-8-11)16(23)12(2)24-17-19-15(20-21-17)13-5-3-4-6-14(13)18/h3-6,11-12H,7-10H2,1-2H3,(H,19,20,21)/t12-/m1/s1. The quantitative estimate of drug-likeness (QED) is 0.861. The number of nitrogens with one attached hydrogen (secondary N) is 1. The number of piperidine rings is 1. The number of rotatable bonds is 4. The molecule has 1 aromatic carbocycles. The van der Waals surface area contributed by atoms with Crippen LogP contribution in [0, 0.1) is 11.7 Å². The number of likely N-dealkylation sites (tertiary alicyclic amines) is 1. The van der Waals surface area contributed by atoms with Crippen molar-refractivity contribution in [2.75, 3.05) is 13.1 Å². The summed E-state index contributed by atoms with van der Waals surface area (Å²) in [5.41, 5.74) is 0.376. The van der Waals surface area contributed by atoms with Gasteiger partial charge in [-0.15, -0.1) is 5.10 Å². The highest BCUT2D eigenvalue weighted by molar-refractivity contribution is 8.00. The lowest BCUT2D eigenvalue weighted by molar-refractivity contribution is -0.131. The first kappa shape index (κ1) is 17.0. The van der Waals surface area contributed by atoms with Crippen LogP contribution in [0.3, 0.4) is 0 Å². The van der Waals surface area contributed by atoms with Crippen LogP contribution in [0.1, 0.15) is 26.7 Å². The van der Waals surface area contributed by atoms with Gasteiger partial charge in [-0.25, -0.2) is 9.37 Å². The van der Waals surface area contributed by atoms with E-state index in [0.717, 1.165) is 25.9 Å². The number of nitrogens with zero attached hydrogens (tertiary/aromatic N) is 3. The summed E-state index contributed by atoms with van der Waals surface area (Å²) < 4.78 is 13.8. The number of hydrogen-bond donors (Lipinski definition) is 1. The van der Waals surface area contributed by atoms with Gasteiger partial charge in [-0.05, 0) is 37.8 Å². The summed E-state index contributed by atoms with van der Waals surface area (Å²) in [6.07, 6.45) is 2.11. The number of benzene rings is 1. The first-order valence-corrected chi connectivity index (χ1v) is 9.05. The van der Waals surface area contributed by atoms with Crippen molar-refractivity contribution in [1.29, 1.82) is 0 Å². The Labute approximate surface area is 145 Å². The lowest BCUT2D eigenvalue weighted by Gasteiger charge is -2.31. The van der Waals surface area contributed by atoms with Gasteiger partial charge in [-0.2, -0.15) is 0 Å². The van der Waals surface area contributed by atoms with E-state index in [4.69, 9.17) is 0 Å². The third-order valence-corrected chi connectivity index (χ3v) is 5.27. The van der Waals surface area contributed by atoms with Crippen LogP contribution in [-0.4, -0.2) is 44.3 Å². The fourth-order valence-corrected chi connectivity index (χ4v) is 3.58. The average molecular weight is 348 g/mol. The number of thioether (sulfide) groups is 1. The molecule has 0 unspecified atom stereocenters. The number of hydrogen-bond acceptors (Lipinski definition) is 4. The van der Waals surface area contributed by atoms with Crippen molar-refractivity contribution in [2.45, 2.75) is 37.1 Å². The molecule has 1 aromatic heterocycles. The Hall–Kier alpha value is -1.89. The molecule has 0 aliphatic carbocycles.